The van der Waals surface area contributed by atoms with Gasteiger partial charge in [0.2, 0.25) is 10.9 Å². The van der Waals surface area contributed by atoms with Gasteiger partial charge in [-0.2, -0.15) is 4.58 Å². The number of hydrogen-bond acceptors (Lipinski definition) is 5. The Morgan fingerprint density at radius 2 is 1.50 bits per heavy atom. The molecule has 0 aliphatic carbocycles. The van der Waals surface area contributed by atoms with Gasteiger partial charge in [0.05, 0.1) is 16.5 Å². The largest absolute Gasteiger partial charge is 0.461 e. The number of benzene rings is 2. The summed E-state index contributed by atoms with van der Waals surface area (Å²) < 4.78 is 15.0. The Labute approximate surface area is 272 Å². The predicted octanol–water partition coefficient (Wildman–Crippen LogP) is 5.70. The summed E-state index contributed by atoms with van der Waals surface area (Å²) in [6.07, 6.45) is 5.61. The second-order valence-corrected chi connectivity index (χ2v) is 14.3. The van der Waals surface area contributed by atoms with E-state index in [1.807, 2.05) is 24.3 Å². The molecule has 2 heterocycles. The fourth-order valence-electron chi connectivity index (χ4n) is 6.14. The van der Waals surface area contributed by atoms with Crippen LogP contribution in [0.1, 0.15) is 91.8 Å². The highest BCUT2D eigenvalue weighted by Crippen LogP contribution is 2.42. The predicted molar refractivity (Wildman–Crippen MR) is 191 cm³/mol. The molecule has 3 aromatic carbocycles. The molecule has 5 rings (SSSR count). The van der Waals surface area contributed by atoms with Gasteiger partial charge in [0.25, 0.3) is 0 Å². The Hall–Kier alpha value is -4.19. The molecule has 4 aromatic rings. The molecule has 1 atom stereocenters. The molecule has 0 saturated carbocycles. The van der Waals surface area contributed by atoms with Gasteiger partial charge >= 0.3 is 5.55 Å². The fourth-order valence-corrected chi connectivity index (χ4v) is 6.14. The number of allylic oxidation sites excluding steroid dienone is 2. The lowest BCUT2D eigenvalue weighted by Gasteiger charge is -2.31. The van der Waals surface area contributed by atoms with Crippen LogP contribution in [0.3, 0.4) is 0 Å². The maximum Gasteiger partial charge on any atom is 0.367 e. The molecule has 0 amide bonds. The quantitative estimate of drug-likeness (QED) is 0.248. The molecule has 0 saturated heterocycles. The number of fused-ring (bicyclic) bond motifs is 2. The Morgan fingerprint density at radius 3 is 2.09 bits per heavy atom. The first-order valence-corrected chi connectivity index (χ1v) is 16.7. The minimum atomic E-state index is -0.254. The molecule has 1 aliphatic heterocycles. The van der Waals surface area contributed by atoms with Crippen LogP contribution in [0.4, 0.5) is 5.69 Å². The van der Waals surface area contributed by atoms with Gasteiger partial charge in [0, 0.05) is 47.1 Å². The SMILES string of the molecule is CCN(CC)c1ccc2c(c1)OC(C(C)(C)C)=CC2C=c1c(=O)c(=Cc2cc(C(C)(C)C)cc3oc(=[N+](CC)CC)ccc23)c1=O. The number of rotatable bonds is 7. The first kappa shape index (κ1) is 33.2. The lowest BCUT2D eigenvalue weighted by molar-refractivity contribution is 0.282. The van der Waals surface area contributed by atoms with Crippen LogP contribution in [0, 0.1) is 5.41 Å². The average molecular weight is 622 g/mol. The van der Waals surface area contributed by atoms with Crippen molar-refractivity contribution in [1.29, 1.82) is 0 Å². The summed E-state index contributed by atoms with van der Waals surface area (Å²) in [6.45, 7) is 24.7. The van der Waals surface area contributed by atoms with E-state index in [0.717, 1.165) is 76.6 Å². The molecule has 46 heavy (non-hydrogen) atoms. The summed E-state index contributed by atoms with van der Waals surface area (Å²) in [7, 11) is 0. The van der Waals surface area contributed by atoms with Gasteiger partial charge in [0.1, 0.15) is 30.2 Å². The molecule has 0 N–H and O–H groups in total. The summed E-state index contributed by atoms with van der Waals surface area (Å²) in [5.41, 5.74) is 4.61. The Morgan fingerprint density at radius 1 is 0.826 bits per heavy atom. The van der Waals surface area contributed by atoms with Crippen LogP contribution in [0.15, 0.2) is 68.3 Å². The van der Waals surface area contributed by atoms with Gasteiger partial charge in [-0.3, -0.25) is 9.59 Å². The topological polar surface area (TPSA) is 62.8 Å². The van der Waals surface area contributed by atoms with Crippen LogP contribution >= 0.6 is 0 Å². The summed E-state index contributed by atoms with van der Waals surface area (Å²) >= 11 is 0. The second-order valence-electron chi connectivity index (χ2n) is 14.3. The second kappa shape index (κ2) is 12.5. The van der Waals surface area contributed by atoms with Crippen LogP contribution < -0.4 is 41.1 Å². The van der Waals surface area contributed by atoms with Crippen molar-refractivity contribution in [3.05, 3.63) is 107 Å². The molecule has 0 radical (unpaired) electrons. The summed E-state index contributed by atoms with van der Waals surface area (Å²) in [4.78, 5) is 29.6. The normalized spacial score (nSPS) is 14.9. The Balaban J connectivity index is 1.67. The van der Waals surface area contributed by atoms with Crippen molar-refractivity contribution in [2.24, 2.45) is 5.41 Å². The van der Waals surface area contributed by atoms with Crippen LogP contribution in [-0.4, -0.2) is 26.2 Å². The van der Waals surface area contributed by atoms with Crippen molar-refractivity contribution in [3.8, 4) is 5.75 Å². The van der Waals surface area contributed by atoms with Crippen molar-refractivity contribution < 1.29 is 9.15 Å². The summed E-state index contributed by atoms with van der Waals surface area (Å²) in [5.74, 6) is 1.34. The third kappa shape index (κ3) is 6.27. The summed E-state index contributed by atoms with van der Waals surface area (Å²) in [6, 6.07) is 14.4. The molecule has 1 unspecified atom stereocenters. The van der Waals surface area contributed by atoms with Crippen molar-refractivity contribution in [1.82, 2.24) is 4.58 Å². The highest BCUT2D eigenvalue weighted by molar-refractivity contribution is 5.87. The first-order chi connectivity index (χ1) is 21.7. The van der Waals surface area contributed by atoms with E-state index < -0.39 is 0 Å². The molecular weight excluding hydrogens is 572 g/mol. The van der Waals surface area contributed by atoms with E-state index in [1.165, 1.54) is 0 Å². The molecule has 1 aromatic heterocycles. The van der Waals surface area contributed by atoms with E-state index in [0.29, 0.717) is 0 Å². The third-order valence-electron chi connectivity index (χ3n) is 9.12. The average Bonchev–Trinajstić information content (AvgIpc) is 3.01. The van der Waals surface area contributed by atoms with E-state index in [9.17, 15) is 9.59 Å². The van der Waals surface area contributed by atoms with E-state index in [1.54, 1.807) is 6.08 Å². The molecule has 6 nitrogen and oxygen atoms in total. The van der Waals surface area contributed by atoms with Gasteiger partial charge in [-0.25, -0.2) is 0 Å². The van der Waals surface area contributed by atoms with Crippen LogP contribution in [0.25, 0.3) is 23.1 Å². The fraction of sp³-hybridized carbons (Fsp3) is 0.425. The van der Waals surface area contributed by atoms with Gasteiger partial charge < -0.3 is 14.1 Å². The molecule has 6 heteroatoms. The van der Waals surface area contributed by atoms with Gasteiger partial charge in [0.15, 0.2) is 0 Å². The zero-order valence-corrected chi connectivity index (χ0v) is 29.2. The maximum absolute atomic E-state index is 13.7. The molecule has 0 spiro atoms. The molecule has 242 valence electrons. The van der Waals surface area contributed by atoms with E-state index in [4.69, 9.17) is 9.15 Å². The van der Waals surface area contributed by atoms with E-state index in [-0.39, 0.29) is 38.0 Å². The van der Waals surface area contributed by atoms with Crippen molar-refractivity contribution in [2.45, 2.75) is 80.6 Å². The highest BCUT2D eigenvalue weighted by Gasteiger charge is 2.29. The first-order valence-electron chi connectivity index (χ1n) is 16.7. The number of hydrogen-bond donors (Lipinski definition) is 0. The molecule has 0 fully saturated rings. The molecule has 0 bridgehead atoms. The minimum Gasteiger partial charge on any atom is -0.461 e. The van der Waals surface area contributed by atoms with E-state index in [2.05, 4.69) is 109 Å². The number of anilines is 1. The zero-order valence-electron chi connectivity index (χ0n) is 29.2. The van der Waals surface area contributed by atoms with Gasteiger partial charge in [-0.05, 0) is 74.6 Å². The van der Waals surface area contributed by atoms with Crippen molar-refractivity contribution >= 4 is 28.8 Å². The van der Waals surface area contributed by atoms with Crippen molar-refractivity contribution in [3.63, 3.8) is 0 Å². The number of ether oxygens (including phenoxy) is 1. The molecule has 1 aliphatic rings. The lowest BCUT2D eigenvalue weighted by atomic mass is 9.85. The Kier molecular flexibility index (Phi) is 9.05. The van der Waals surface area contributed by atoms with Crippen LogP contribution in [-0.2, 0) is 5.41 Å². The van der Waals surface area contributed by atoms with Crippen LogP contribution in [0.2, 0.25) is 0 Å². The zero-order chi connectivity index (χ0) is 33.6. The van der Waals surface area contributed by atoms with Crippen molar-refractivity contribution in [2.75, 3.05) is 31.1 Å². The smallest absolute Gasteiger partial charge is 0.367 e. The van der Waals surface area contributed by atoms with Crippen LogP contribution in [0.5, 0.6) is 5.75 Å². The molecular formula is C40H49N2O4+. The summed E-state index contributed by atoms with van der Waals surface area (Å²) in [5, 5.41) is 1.30. The third-order valence-corrected chi connectivity index (χ3v) is 9.12. The maximum atomic E-state index is 13.7. The van der Waals surface area contributed by atoms with E-state index >= 15 is 0 Å². The monoisotopic (exact) mass is 621 g/mol. The van der Waals surface area contributed by atoms with Gasteiger partial charge in [-0.1, -0.05) is 59.8 Å². The standard InChI is InChI=1S/C40H49N2O4/c1-11-41(12-2)28-15-16-29-26(22-35(40(8,9)10)45-34(29)24-28)21-32-37(43)31(38(32)44)20-25-19-27(39(5,6)7)23-33-30(25)17-18-36(46-33)42(13-3)14-4/h15-24,26H,11-14H2,1-10H3/q+1. The Bertz CT molecular complexity index is 2050. The lowest BCUT2D eigenvalue weighted by Crippen LogP contribution is -2.64. The number of nitrogens with zero attached hydrogens (tertiary/aromatic N) is 2. The van der Waals surface area contributed by atoms with Gasteiger partial charge in [-0.15, -0.1) is 0 Å². The minimum absolute atomic E-state index is 0.153. The highest BCUT2D eigenvalue weighted by atomic mass is 16.5.